The van der Waals surface area contributed by atoms with Crippen LogP contribution in [0.2, 0.25) is 0 Å². The van der Waals surface area contributed by atoms with Crippen LogP contribution in [-0.4, -0.2) is 0 Å². The molecular formula is C19H21NS. The Morgan fingerprint density at radius 2 is 1.81 bits per heavy atom. The number of aryl methyl sites for hydroxylation is 1. The summed E-state index contributed by atoms with van der Waals surface area (Å²) in [6.45, 7) is 4.50. The third-order valence-electron chi connectivity index (χ3n) is 3.60. The van der Waals surface area contributed by atoms with E-state index in [-0.39, 0.29) is 5.41 Å². The molecule has 0 saturated carbocycles. The van der Waals surface area contributed by atoms with Gasteiger partial charge in [-0.1, -0.05) is 44.5 Å². The highest BCUT2D eigenvalue weighted by molar-refractivity contribution is 7.17. The first-order valence-electron chi connectivity index (χ1n) is 8.54. The summed E-state index contributed by atoms with van der Waals surface area (Å²) in [5.41, 5.74) is 3.74. The van der Waals surface area contributed by atoms with Crippen LogP contribution in [0.4, 0.5) is 11.4 Å². The highest BCUT2D eigenvalue weighted by Gasteiger charge is 2.13. The maximum absolute atomic E-state index is 7.59. The van der Waals surface area contributed by atoms with Crippen molar-refractivity contribution in [1.82, 2.24) is 0 Å². The van der Waals surface area contributed by atoms with E-state index in [1.165, 1.54) is 5.56 Å². The van der Waals surface area contributed by atoms with Crippen molar-refractivity contribution in [2.24, 2.45) is 0 Å². The molecule has 1 heterocycles. The first kappa shape index (κ1) is 10.9. The summed E-state index contributed by atoms with van der Waals surface area (Å²) in [4.78, 5) is 0. The molecule has 0 fully saturated rings. The largest absolute Gasteiger partial charge is 0.354 e. The van der Waals surface area contributed by atoms with Gasteiger partial charge in [-0.3, -0.25) is 0 Å². The van der Waals surface area contributed by atoms with Crippen molar-refractivity contribution >= 4 is 32.8 Å². The molecule has 1 aromatic heterocycles. The number of anilines is 2. The minimum Gasteiger partial charge on any atom is -0.354 e. The second-order valence-corrected chi connectivity index (χ2v) is 7.22. The molecule has 0 atom stereocenters. The van der Waals surface area contributed by atoms with Gasteiger partial charge in [0.15, 0.2) is 0 Å². The zero-order valence-corrected chi connectivity index (χ0v) is 13.3. The molecule has 0 unspecified atom stereocenters. The summed E-state index contributed by atoms with van der Waals surface area (Å²) in [5, 5.41) is 6.40. The number of fused-ring (bicyclic) bond motifs is 1. The molecular weight excluding hydrogens is 274 g/mol. The maximum Gasteiger partial charge on any atom is 0.0573 e. The van der Waals surface area contributed by atoms with Crippen molar-refractivity contribution in [2.45, 2.75) is 33.0 Å². The van der Waals surface area contributed by atoms with Gasteiger partial charge in [0.1, 0.15) is 0 Å². The summed E-state index contributed by atoms with van der Waals surface area (Å²) in [7, 11) is 0. The molecule has 108 valence electrons. The highest BCUT2D eigenvalue weighted by atomic mass is 32.1. The fourth-order valence-corrected chi connectivity index (χ4v) is 3.21. The van der Waals surface area contributed by atoms with Crippen molar-refractivity contribution in [3.05, 3.63) is 59.0 Å². The summed E-state index contributed by atoms with van der Waals surface area (Å²) >= 11 is 1.61. The maximum atomic E-state index is 7.59. The van der Waals surface area contributed by atoms with Gasteiger partial charge in [0, 0.05) is 25.3 Å². The Morgan fingerprint density at radius 3 is 2.48 bits per heavy atom. The van der Waals surface area contributed by atoms with Gasteiger partial charge in [0.25, 0.3) is 0 Å². The minimum absolute atomic E-state index is 0.127. The molecule has 2 heteroatoms. The van der Waals surface area contributed by atoms with Crippen LogP contribution in [0.25, 0.3) is 10.1 Å². The van der Waals surface area contributed by atoms with E-state index in [4.69, 9.17) is 4.11 Å². The third kappa shape index (κ3) is 2.96. The van der Waals surface area contributed by atoms with Crippen molar-refractivity contribution in [1.29, 1.82) is 0 Å². The van der Waals surface area contributed by atoms with E-state index in [1.807, 2.05) is 11.4 Å². The summed E-state index contributed by atoms with van der Waals surface area (Å²) in [6, 6.07) is 13.7. The van der Waals surface area contributed by atoms with Gasteiger partial charge in [-0.25, -0.2) is 0 Å². The smallest absolute Gasteiger partial charge is 0.0573 e. The van der Waals surface area contributed by atoms with Crippen LogP contribution < -0.4 is 5.32 Å². The minimum atomic E-state index is -2.08. The Hall–Kier alpha value is -1.80. The zero-order chi connectivity index (χ0) is 17.5. The lowest BCUT2D eigenvalue weighted by Gasteiger charge is -2.19. The van der Waals surface area contributed by atoms with Gasteiger partial charge in [0.05, 0.1) is 5.69 Å². The third-order valence-corrected chi connectivity index (χ3v) is 4.57. The molecule has 0 aliphatic carbocycles. The summed E-state index contributed by atoms with van der Waals surface area (Å²) in [6.07, 6.45) is 0. The second-order valence-electron chi connectivity index (χ2n) is 6.31. The average molecular weight is 298 g/mol. The molecule has 2 aromatic carbocycles. The normalized spacial score (nSPS) is 14.5. The fraction of sp³-hybridized carbons (Fsp3) is 0.263. The number of hydrogen-bond donors (Lipinski definition) is 1. The van der Waals surface area contributed by atoms with E-state index in [9.17, 15) is 0 Å². The number of rotatable bonds is 2. The van der Waals surface area contributed by atoms with Crippen molar-refractivity contribution < 1.29 is 4.11 Å². The first-order valence-corrected chi connectivity index (χ1v) is 7.92. The van der Waals surface area contributed by atoms with E-state index in [1.54, 1.807) is 23.5 Å². The number of hydrogen-bond acceptors (Lipinski definition) is 2. The second kappa shape index (κ2) is 5.19. The molecule has 0 saturated heterocycles. The molecule has 1 nitrogen and oxygen atoms in total. The zero-order valence-electron chi connectivity index (χ0n) is 15.5. The highest BCUT2D eigenvalue weighted by Crippen LogP contribution is 2.33. The van der Waals surface area contributed by atoms with Crippen LogP contribution in [0.15, 0.2) is 47.8 Å². The topological polar surface area (TPSA) is 12.0 Å². The van der Waals surface area contributed by atoms with Crippen molar-refractivity contribution in [3.8, 4) is 0 Å². The average Bonchev–Trinajstić information content (AvgIpc) is 2.88. The summed E-state index contributed by atoms with van der Waals surface area (Å²) in [5.74, 6) is 0. The van der Waals surface area contributed by atoms with E-state index >= 15 is 0 Å². The predicted molar refractivity (Wildman–Crippen MR) is 95.0 cm³/mol. The number of benzene rings is 2. The van der Waals surface area contributed by atoms with Crippen LogP contribution in [0.5, 0.6) is 0 Å². The lowest BCUT2D eigenvalue weighted by molar-refractivity contribution is 0.590. The Labute approximate surface area is 134 Å². The molecule has 21 heavy (non-hydrogen) atoms. The van der Waals surface area contributed by atoms with Gasteiger partial charge >= 0.3 is 0 Å². The molecule has 0 amide bonds. The molecule has 0 aliphatic heterocycles. The quantitative estimate of drug-likeness (QED) is 0.589. The first-order chi connectivity index (χ1) is 11.1. The Kier molecular flexibility index (Phi) is 2.69. The Balaban J connectivity index is 1.92. The Bertz CT molecular complexity index is 855. The van der Waals surface area contributed by atoms with Crippen LogP contribution in [0.3, 0.4) is 0 Å². The van der Waals surface area contributed by atoms with Crippen molar-refractivity contribution in [3.63, 3.8) is 0 Å². The van der Waals surface area contributed by atoms with Gasteiger partial charge in [-0.05, 0) is 42.1 Å². The molecule has 3 rings (SSSR count). The Morgan fingerprint density at radius 1 is 1.05 bits per heavy atom. The van der Waals surface area contributed by atoms with Gasteiger partial charge in [0.2, 0.25) is 0 Å². The molecule has 0 spiro atoms. The predicted octanol–water partition coefficient (Wildman–Crippen LogP) is 6.25. The standard InChI is InChI=1S/C19H21NS/c1-13-5-10-18-16(11-13)17(12-21-18)20-15-8-6-14(7-9-15)19(2,3)4/h5-12,20H,1-4H3/i1D3. The van der Waals surface area contributed by atoms with E-state index in [0.717, 1.165) is 21.5 Å². The molecule has 0 aliphatic rings. The molecule has 3 aromatic rings. The van der Waals surface area contributed by atoms with Crippen LogP contribution in [0, 0.1) is 6.85 Å². The lowest BCUT2D eigenvalue weighted by Crippen LogP contribution is -2.10. The number of thiophene rings is 1. The fourth-order valence-electron chi connectivity index (χ4n) is 2.33. The molecule has 0 radical (unpaired) electrons. The number of nitrogens with one attached hydrogen (secondary N) is 1. The van der Waals surface area contributed by atoms with E-state index in [0.29, 0.717) is 5.56 Å². The lowest BCUT2D eigenvalue weighted by atomic mass is 9.87. The summed E-state index contributed by atoms with van der Waals surface area (Å²) < 4.78 is 23.9. The van der Waals surface area contributed by atoms with Gasteiger partial charge < -0.3 is 5.32 Å². The SMILES string of the molecule is [2H]C([2H])([2H])c1ccc2scc(Nc3ccc(C(C)(C)C)cc3)c2c1. The van der Waals surface area contributed by atoms with E-state index < -0.39 is 6.85 Å². The van der Waals surface area contributed by atoms with Crippen LogP contribution >= 0.6 is 11.3 Å². The monoisotopic (exact) mass is 298 g/mol. The van der Waals surface area contributed by atoms with Gasteiger partial charge in [-0.2, -0.15) is 0 Å². The van der Waals surface area contributed by atoms with Crippen LogP contribution in [0.1, 0.15) is 36.0 Å². The molecule has 1 N–H and O–H groups in total. The van der Waals surface area contributed by atoms with Crippen molar-refractivity contribution in [2.75, 3.05) is 5.32 Å². The van der Waals surface area contributed by atoms with Gasteiger partial charge in [-0.15, -0.1) is 11.3 Å². The van der Waals surface area contributed by atoms with E-state index in [2.05, 4.69) is 50.4 Å². The molecule has 0 bridgehead atoms. The van der Waals surface area contributed by atoms with Crippen LogP contribution in [-0.2, 0) is 5.41 Å².